The van der Waals surface area contributed by atoms with Gasteiger partial charge in [0.1, 0.15) is 11.8 Å². The molecule has 0 fully saturated rings. The minimum Gasteiger partial charge on any atom is -0.484 e. The lowest BCUT2D eigenvalue weighted by molar-refractivity contribution is -0.142. The van der Waals surface area contributed by atoms with Crippen molar-refractivity contribution < 1.29 is 14.3 Å². The third-order valence-electron chi connectivity index (χ3n) is 4.88. The summed E-state index contributed by atoms with van der Waals surface area (Å²) in [5.41, 5.74) is 2.09. The molecule has 0 aliphatic rings. The molecule has 28 heavy (non-hydrogen) atoms. The minimum atomic E-state index is -0.597. The van der Waals surface area contributed by atoms with E-state index in [9.17, 15) is 9.59 Å². The lowest BCUT2D eigenvalue weighted by Gasteiger charge is -2.30. The Balaban J connectivity index is 2.15. The summed E-state index contributed by atoms with van der Waals surface area (Å²) in [5, 5.41) is 2.97. The highest BCUT2D eigenvalue weighted by molar-refractivity contribution is 5.88. The molecule has 0 saturated heterocycles. The molecule has 0 radical (unpaired) electrons. The van der Waals surface area contributed by atoms with Crippen LogP contribution in [0, 0.1) is 6.92 Å². The average Bonchev–Trinajstić information content (AvgIpc) is 2.71. The highest BCUT2D eigenvalue weighted by Crippen LogP contribution is 2.15. The third-order valence-corrected chi connectivity index (χ3v) is 4.88. The fourth-order valence-electron chi connectivity index (χ4n) is 2.76. The molecule has 0 saturated carbocycles. The van der Waals surface area contributed by atoms with Gasteiger partial charge in [-0.1, -0.05) is 49.4 Å². The molecule has 0 bridgehead atoms. The Kier molecular flexibility index (Phi) is 8.05. The summed E-state index contributed by atoms with van der Waals surface area (Å²) in [6, 6.07) is 16.6. The quantitative estimate of drug-likeness (QED) is 0.719. The molecule has 5 heteroatoms. The third kappa shape index (κ3) is 6.12. The molecule has 0 unspecified atom stereocenters. The van der Waals surface area contributed by atoms with Gasteiger partial charge in [-0.2, -0.15) is 0 Å². The van der Waals surface area contributed by atoms with Crippen LogP contribution in [0.25, 0.3) is 0 Å². The molecule has 0 aliphatic carbocycles. The van der Waals surface area contributed by atoms with Crippen LogP contribution in [-0.2, 0) is 16.1 Å². The topological polar surface area (TPSA) is 58.6 Å². The summed E-state index contributed by atoms with van der Waals surface area (Å²) < 4.78 is 5.63. The number of hydrogen-bond acceptors (Lipinski definition) is 3. The summed E-state index contributed by atoms with van der Waals surface area (Å²) in [7, 11) is 0. The molecule has 150 valence electrons. The molecule has 2 atom stereocenters. The largest absolute Gasteiger partial charge is 0.484 e. The number of nitrogens with one attached hydrogen (secondary N) is 1. The molecular weight excluding hydrogens is 352 g/mol. The van der Waals surface area contributed by atoms with Gasteiger partial charge in [0.25, 0.3) is 5.91 Å². The summed E-state index contributed by atoms with van der Waals surface area (Å²) in [5.74, 6) is 0.248. The standard InChI is InChI=1S/C23H30N2O3/c1-5-18(3)24-23(27)19(4)25(15-20-12-10-9-11-17(20)2)22(26)16-28-21-13-7-6-8-14-21/h6-14,18-19H,5,15-16H2,1-4H3,(H,24,27)/t18-,19+/m0/s1. The Hall–Kier alpha value is -2.82. The van der Waals surface area contributed by atoms with Gasteiger partial charge in [-0.05, 0) is 50.5 Å². The molecule has 1 N–H and O–H groups in total. The zero-order valence-corrected chi connectivity index (χ0v) is 17.1. The Morgan fingerprint density at radius 1 is 1.04 bits per heavy atom. The van der Waals surface area contributed by atoms with Gasteiger partial charge in [-0.15, -0.1) is 0 Å². The molecule has 5 nitrogen and oxygen atoms in total. The zero-order chi connectivity index (χ0) is 20.5. The SMILES string of the molecule is CC[C@H](C)NC(=O)[C@@H](C)N(Cc1ccccc1C)C(=O)COc1ccccc1. The number of benzene rings is 2. The monoisotopic (exact) mass is 382 g/mol. The summed E-state index contributed by atoms with van der Waals surface area (Å²) in [6.07, 6.45) is 0.835. The van der Waals surface area contributed by atoms with Crippen LogP contribution in [0.3, 0.4) is 0 Å². The van der Waals surface area contributed by atoms with Gasteiger partial charge in [0.05, 0.1) is 0 Å². The van der Waals surface area contributed by atoms with E-state index in [-0.39, 0.29) is 24.5 Å². The fraction of sp³-hybridized carbons (Fsp3) is 0.391. The molecule has 0 aromatic heterocycles. The van der Waals surface area contributed by atoms with Crippen LogP contribution in [0.1, 0.15) is 38.3 Å². The Morgan fingerprint density at radius 2 is 1.68 bits per heavy atom. The van der Waals surface area contributed by atoms with Crippen molar-refractivity contribution in [3.8, 4) is 5.75 Å². The van der Waals surface area contributed by atoms with Crippen LogP contribution >= 0.6 is 0 Å². The summed E-state index contributed by atoms with van der Waals surface area (Å²) >= 11 is 0. The van der Waals surface area contributed by atoms with Gasteiger partial charge in [-0.3, -0.25) is 9.59 Å². The molecular formula is C23H30N2O3. The fourth-order valence-corrected chi connectivity index (χ4v) is 2.76. The van der Waals surface area contributed by atoms with E-state index in [1.807, 2.05) is 63.2 Å². The molecule has 2 aromatic rings. The lowest BCUT2D eigenvalue weighted by atomic mass is 10.1. The molecule has 0 heterocycles. The maximum absolute atomic E-state index is 13.0. The van der Waals surface area contributed by atoms with Crippen molar-refractivity contribution in [3.05, 3.63) is 65.7 Å². The molecule has 2 rings (SSSR count). The van der Waals surface area contributed by atoms with E-state index in [0.29, 0.717) is 12.3 Å². The Labute approximate surface area is 167 Å². The van der Waals surface area contributed by atoms with Gasteiger partial charge < -0.3 is 15.0 Å². The summed E-state index contributed by atoms with van der Waals surface area (Å²) in [4.78, 5) is 27.2. The second-order valence-corrected chi connectivity index (χ2v) is 7.04. The van der Waals surface area contributed by atoms with Crippen LogP contribution in [0.4, 0.5) is 0 Å². The Bertz CT molecular complexity index is 776. The van der Waals surface area contributed by atoms with Gasteiger partial charge in [0, 0.05) is 12.6 Å². The maximum atomic E-state index is 13.0. The first-order valence-corrected chi connectivity index (χ1v) is 9.74. The number of amides is 2. The molecule has 2 aromatic carbocycles. The van der Waals surface area contributed by atoms with Gasteiger partial charge in [0.15, 0.2) is 6.61 Å². The van der Waals surface area contributed by atoms with E-state index >= 15 is 0 Å². The lowest BCUT2D eigenvalue weighted by Crippen LogP contribution is -2.50. The first-order valence-electron chi connectivity index (χ1n) is 9.74. The van der Waals surface area contributed by atoms with Crippen molar-refractivity contribution in [3.63, 3.8) is 0 Å². The number of hydrogen-bond donors (Lipinski definition) is 1. The molecule has 2 amide bonds. The van der Waals surface area contributed by atoms with E-state index in [1.54, 1.807) is 24.0 Å². The Morgan fingerprint density at radius 3 is 2.32 bits per heavy atom. The van der Waals surface area contributed by atoms with Crippen molar-refractivity contribution in [2.24, 2.45) is 0 Å². The molecule has 0 spiro atoms. The van der Waals surface area contributed by atoms with Crippen molar-refractivity contribution in [2.45, 2.75) is 52.7 Å². The first-order chi connectivity index (χ1) is 13.4. The maximum Gasteiger partial charge on any atom is 0.261 e. The highest BCUT2D eigenvalue weighted by Gasteiger charge is 2.27. The number of carbonyl (C=O) groups excluding carboxylic acids is 2. The predicted octanol–water partition coefficient (Wildman–Crippen LogP) is 3.71. The number of carbonyl (C=O) groups is 2. The van der Waals surface area contributed by atoms with Crippen LogP contribution in [0.5, 0.6) is 5.75 Å². The number of para-hydroxylation sites is 1. The van der Waals surface area contributed by atoms with Gasteiger partial charge >= 0.3 is 0 Å². The van der Waals surface area contributed by atoms with Crippen molar-refractivity contribution in [2.75, 3.05) is 6.61 Å². The van der Waals surface area contributed by atoms with E-state index in [4.69, 9.17) is 4.74 Å². The van der Waals surface area contributed by atoms with E-state index in [0.717, 1.165) is 17.5 Å². The average molecular weight is 383 g/mol. The van der Waals surface area contributed by atoms with Gasteiger partial charge in [0.2, 0.25) is 5.91 Å². The molecule has 0 aliphatic heterocycles. The number of ether oxygens (including phenoxy) is 1. The zero-order valence-electron chi connectivity index (χ0n) is 17.1. The van der Waals surface area contributed by atoms with Crippen LogP contribution in [-0.4, -0.2) is 35.4 Å². The van der Waals surface area contributed by atoms with Crippen LogP contribution in [0.2, 0.25) is 0 Å². The first kappa shape index (κ1) is 21.5. The van der Waals surface area contributed by atoms with E-state index in [1.165, 1.54) is 0 Å². The second kappa shape index (κ2) is 10.5. The van der Waals surface area contributed by atoms with Crippen molar-refractivity contribution >= 4 is 11.8 Å². The second-order valence-electron chi connectivity index (χ2n) is 7.04. The number of aryl methyl sites for hydroxylation is 1. The van der Waals surface area contributed by atoms with Crippen LogP contribution in [0.15, 0.2) is 54.6 Å². The predicted molar refractivity (Wildman–Crippen MR) is 111 cm³/mol. The smallest absolute Gasteiger partial charge is 0.261 e. The minimum absolute atomic E-state index is 0.0610. The van der Waals surface area contributed by atoms with Crippen LogP contribution < -0.4 is 10.1 Å². The number of rotatable bonds is 9. The van der Waals surface area contributed by atoms with Crippen molar-refractivity contribution in [1.29, 1.82) is 0 Å². The van der Waals surface area contributed by atoms with Gasteiger partial charge in [-0.25, -0.2) is 0 Å². The normalized spacial score (nSPS) is 12.7. The van der Waals surface area contributed by atoms with E-state index < -0.39 is 6.04 Å². The summed E-state index contributed by atoms with van der Waals surface area (Å²) in [6.45, 7) is 7.98. The highest BCUT2D eigenvalue weighted by atomic mass is 16.5. The van der Waals surface area contributed by atoms with Crippen molar-refractivity contribution in [1.82, 2.24) is 10.2 Å². The van der Waals surface area contributed by atoms with E-state index in [2.05, 4.69) is 5.32 Å². The number of nitrogens with zero attached hydrogens (tertiary/aromatic N) is 1.